The SMILES string of the molecule is COC(=O)N[C@H](C(=O)N1CCC[C@H]1c1ncc(-c2ccc([N+](=O)[O-])c(Oc3ccccc3)c2)[nH]1)C(C)C. The van der Waals surface area contributed by atoms with E-state index in [1.54, 1.807) is 47.5 Å². The summed E-state index contributed by atoms with van der Waals surface area (Å²) in [5, 5.41) is 14.2. The van der Waals surface area contributed by atoms with Crippen molar-refractivity contribution >= 4 is 17.7 Å². The summed E-state index contributed by atoms with van der Waals surface area (Å²) >= 11 is 0. The summed E-state index contributed by atoms with van der Waals surface area (Å²) in [5.74, 6) is 0.854. The molecular formula is C26H29N5O6. The standard InChI is InChI=1S/C26H29N5O6/c1-16(2)23(29-26(33)36-3)25(32)30-13-7-10-21(30)24-27-15-19(28-24)17-11-12-20(31(34)35)22(14-17)37-18-8-5-4-6-9-18/h4-6,8-9,11-12,14-16,21,23H,7,10,13H2,1-3H3,(H,27,28)(H,29,33)/t21-,23-/m0/s1. The molecular weight excluding hydrogens is 478 g/mol. The van der Waals surface area contributed by atoms with E-state index in [2.05, 4.69) is 20.0 Å². The summed E-state index contributed by atoms with van der Waals surface area (Å²) in [6.45, 7) is 4.26. The highest BCUT2D eigenvalue weighted by atomic mass is 16.6. The maximum absolute atomic E-state index is 13.4. The van der Waals surface area contributed by atoms with Gasteiger partial charge in [0.1, 0.15) is 17.6 Å². The number of likely N-dealkylation sites (tertiary alicyclic amines) is 1. The van der Waals surface area contributed by atoms with Gasteiger partial charge in [-0.05, 0) is 43.0 Å². The molecule has 1 fully saturated rings. The van der Waals surface area contributed by atoms with Crippen LogP contribution in [0.1, 0.15) is 38.6 Å². The van der Waals surface area contributed by atoms with Crippen LogP contribution in [0.3, 0.4) is 0 Å². The zero-order chi connectivity index (χ0) is 26.5. The van der Waals surface area contributed by atoms with E-state index >= 15 is 0 Å². The lowest BCUT2D eigenvalue weighted by Crippen LogP contribution is -2.51. The van der Waals surface area contributed by atoms with E-state index in [9.17, 15) is 19.7 Å². The third-order valence-corrected chi connectivity index (χ3v) is 6.28. The summed E-state index contributed by atoms with van der Waals surface area (Å²) in [4.78, 5) is 45.7. The number of rotatable bonds is 8. The molecule has 1 aliphatic rings. The first-order valence-corrected chi connectivity index (χ1v) is 12.0. The third-order valence-electron chi connectivity index (χ3n) is 6.28. The van der Waals surface area contributed by atoms with Crippen LogP contribution >= 0.6 is 0 Å². The Hall–Kier alpha value is -4.41. The minimum Gasteiger partial charge on any atom is -0.453 e. The van der Waals surface area contributed by atoms with Gasteiger partial charge >= 0.3 is 11.8 Å². The van der Waals surface area contributed by atoms with Crippen LogP contribution in [0.2, 0.25) is 0 Å². The molecule has 0 aliphatic carbocycles. The number of nitro benzene ring substituents is 1. The molecule has 2 amide bonds. The molecule has 3 aromatic rings. The van der Waals surface area contributed by atoms with Gasteiger partial charge in [0.25, 0.3) is 0 Å². The van der Waals surface area contributed by atoms with Crippen LogP contribution in [0, 0.1) is 16.0 Å². The number of hydrogen-bond donors (Lipinski definition) is 2. The van der Waals surface area contributed by atoms with Crippen LogP contribution in [-0.4, -0.2) is 51.5 Å². The Morgan fingerprint density at radius 2 is 1.97 bits per heavy atom. The van der Waals surface area contributed by atoms with Crippen LogP contribution in [0.4, 0.5) is 10.5 Å². The van der Waals surface area contributed by atoms with Crippen molar-refractivity contribution in [2.75, 3.05) is 13.7 Å². The number of nitro groups is 1. The van der Waals surface area contributed by atoms with Gasteiger partial charge in [-0.25, -0.2) is 9.78 Å². The number of nitrogens with zero attached hydrogens (tertiary/aromatic N) is 3. The molecule has 4 rings (SSSR count). The zero-order valence-electron chi connectivity index (χ0n) is 20.8. The summed E-state index contributed by atoms with van der Waals surface area (Å²) in [5.41, 5.74) is 1.13. The number of methoxy groups -OCH3 is 1. The van der Waals surface area contributed by atoms with Crippen molar-refractivity contribution in [1.82, 2.24) is 20.2 Å². The fourth-order valence-corrected chi connectivity index (χ4v) is 4.38. The van der Waals surface area contributed by atoms with Crippen molar-refractivity contribution in [2.24, 2.45) is 5.92 Å². The molecule has 11 heteroatoms. The molecule has 0 unspecified atom stereocenters. The fraction of sp³-hybridized carbons (Fsp3) is 0.346. The highest BCUT2D eigenvalue weighted by Gasteiger charge is 2.37. The van der Waals surface area contributed by atoms with Gasteiger partial charge in [0.15, 0.2) is 0 Å². The molecule has 2 N–H and O–H groups in total. The Kier molecular flexibility index (Phi) is 7.71. The largest absolute Gasteiger partial charge is 0.453 e. The van der Waals surface area contributed by atoms with E-state index in [-0.39, 0.29) is 29.3 Å². The van der Waals surface area contributed by atoms with Gasteiger partial charge < -0.3 is 24.7 Å². The molecule has 0 spiro atoms. The first kappa shape index (κ1) is 25.7. The molecule has 37 heavy (non-hydrogen) atoms. The minimum atomic E-state index is -0.727. The highest BCUT2D eigenvalue weighted by Crippen LogP contribution is 2.37. The molecule has 0 radical (unpaired) electrons. The molecule has 1 aromatic heterocycles. The first-order valence-electron chi connectivity index (χ1n) is 12.0. The van der Waals surface area contributed by atoms with Crippen molar-refractivity contribution in [1.29, 1.82) is 0 Å². The zero-order valence-corrected chi connectivity index (χ0v) is 20.8. The van der Waals surface area contributed by atoms with Crippen LogP contribution in [0.25, 0.3) is 11.3 Å². The number of aromatic nitrogens is 2. The van der Waals surface area contributed by atoms with Crippen molar-refractivity contribution < 1.29 is 24.0 Å². The maximum atomic E-state index is 13.4. The fourth-order valence-electron chi connectivity index (χ4n) is 4.38. The molecule has 11 nitrogen and oxygen atoms in total. The van der Waals surface area contributed by atoms with Gasteiger partial charge in [-0.1, -0.05) is 32.0 Å². The van der Waals surface area contributed by atoms with Gasteiger partial charge in [0.2, 0.25) is 11.7 Å². The smallest absolute Gasteiger partial charge is 0.407 e. The Morgan fingerprint density at radius 1 is 1.22 bits per heavy atom. The maximum Gasteiger partial charge on any atom is 0.407 e. The Morgan fingerprint density at radius 3 is 2.65 bits per heavy atom. The number of ether oxygens (including phenoxy) is 2. The number of hydrogen-bond acceptors (Lipinski definition) is 7. The summed E-state index contributed by atoms with van der Waals surface area (Å²) in [6, 6.07) is 12.4. The Bertz CT molecular complexity index is 1280. The molecule has 0 saturated carbocycles. The summed E-state index contributed by atoms with van der Waals surface area (Å²) in [7, 11) is 1.26. The number of carbonyl (C=O) groups excluding carboxylic acids is 2. The molecule has 194 valence electrons. The van der Waals surface area contributed by atoms with Gasteiger partial charge in [0, 0.05) is 18.2 Å². The van der Waals surface area contributed by atoms with E-state index in [0.29, 0.717) is 35.8 Å². The number of nitrogens with one attached hydrogen (secondary N) is 2. The van der Waals surface area contributed by atoms with Crippen LogP contribution in [0.5, 0.6) is 11.5 Å². The van der Waals surface area contributed by atoms with Crippen LogP contribution < -0.4 is 10.1 Å². The normalized spacial score (nSPS) is 15.9. The lowest BCUT2D eigenvalue weighted by Gasteiger charge is -2.30. The number of imidazole rings is 1. The van der Waals surface area contributed by atoms with Gasteiger partial charge in [-0.15, -0.1) is 0 Å². The first-order chi connectivity index (χ1) is 17.8. The third kappa shape index (κ3) is 5.71. The van der Waals surface area contributed by atoms with Gasteiger partial charge in [-0.2, -0.15) is 0 Å². The number of H-pyrrole nitrogens is 1. The average molecular weight is 508 g/mol. The Balaban J connectivity index is 1.58. The monoisotopic (exact) mass is 507 g/mol. The summed E-state index contributed by atoms with van der Waals surface area (Å²) < 4.78 is 10.5. The second kappa shape index (κ2) is 11.1. The predicted molar refractivity (Wildman–Crippen MR) is 135 cm³/mol. The van der Waals surface area contributed by atoms with Crippen LogP contribution in [-0.2, 0) is 9.53 Å². The van der Waals surface area contributed by atoms with Crippen LogP contribution in [0.15, 0.2) is 54.7 Å². The second-order valence-corrected chi connectivity index (χ2v) is 9.08. The Labute approximate surface area is 213 Å². The van der Waals surface area contributed by atoms with E-state index in [1.807, 2.05) is 19.9 Å². The average Bonchev–Trinajstić information content (AvgIpc) is 3.57. The van der Waals surface area contributed by atoms with Gasteiger partial charge in [-0.3, -0.25) is 14.9 Å². The lowest BCUT2D eigenvalue weighted by atomic mass is 10.0. The quantitative estimate of drug-likeness (QED) is 0.329. The summed E-state index contributed by atoms with van der Waals surface area (Å²) in [6.07, 6.45) is 2.48. The number of aromatic amines is 1. The number of alkyl carbamates (subject to hydrolysis) is 1. The molecule has 2 aromatic carbocycles. The number of para-hydroxylation sites is 1. The minimum absolute atomic E-state index is 0.108. The molecule has 1 saturated heterocycles. The molecule has 2 heterocycles. The topological polar surface area (TPSA) is 140 Å². The van der Waals surface area contributed by atoms with Crippen molar-refractivity contribution in [3.63, 3.8) is 0 Å². The van der Waals surface area contributed by atoms with E-state index in [4.69, 9.17) is 4.74 Å². The van der Waals surface area contributed by atoms with Crippen molar-refractivity contribution in [3.05, 3.63) is 70.7 Å². The molecule has 1 aliphatic heterocycles. The van der Waals surface area contributed by atoms with Crippen molar-refractivity contribution in [2.45, 2.75) is 38.8 Å². The number of benzene rings is 2. The van der Waals surface area contributed by atoms with Crippen molar-refractivity contribution in [3.8, 4) is 22.8 Å². The predicted octanol–water partition coefficient (Wildman–Crippen LogP) is 4.82. The van der Waals surface area contributed by atoms with Gasteiger partial charge in [0.05, 0.1) is 30.0 Å². The second-order valence-electron chi connectivity index (χ2n) is 9.08. The number of carbonyl (C=O) groups is 2. The van der Waals surface area contributed by atoms with E-state index < -0.39 is 17.1 Å². The molecule has 2 atom stereocenters. The highest BCUT2D eigenvalue weighted by molar-refractivity contribution is 5.86. The van der Waals surface area contributed by atoms with E-state index in [1.165, 1.54) is 13.2 Å². The lowest BCUT2D eigenvalue weighted by molar-refractivity contribution is -0.385. The molecule has 0 bridgehead atoms. The van der Waals surface area contributed by atoms with E-state index in [0.717, 1.165) is 6.42 Å². The number of amides is 2.